The number of nitrogens with one attached hydrogen (secondary N) is 2. The lowest BCUT2D eigenvalue weighted by molar-refractivity contribution is 0.340. The van der Waals surface area contributed by atoms with Gasteiger partial charge in [0.25, 0.3) is 5.56 Å². The molecule has 21 heavy (non-hydrogen) atoms. The molecule has 8 heteroatoms. The van der Waals surface area contributed by atoms with Gasteiger partial charge in [0.1, 0.15) is 11.1 Å². The number of rotatable bonds is 4. The first-order valence-electron chi connectivity index (χ1n) is 6.49. The van der Waals surface area contributed by atoms with Gasteiger partial charge in [0.15, 0.2) is 11.5 Å². The SMILES string of the molecule is CCOc1ccc(-n2nnc3[nH]nc(NC)c3c2=O)cc1. The van der Waals surface area contributed by atoms with Crippen LogP contribution in [0.1, 0.15) is 6.92 Å². The second-order valence-corrected chi connectivity index (χ2v) is 4.28. The summed E-state index contributed by atoms with van der Waals surface area (Å²) in [6.45, 7) is 2.50. The molecule has 0 saturated heterocycles. The van der Waals surface area contributed by atoms with Crippen LogP contribution in [0.2, 0.25) is 0 Å². The van der Waals surface area contributed by atoms with Crippen molar-refractivity contribution in [2.24, 2.45) is 0 Å². The minimum Gasteiger partial charge on any atom is -0.494 e. The number of ether oxygens (including phenoxy) is 1. The van der Waals surface area contributed by atoms with Crippen molar-refractivity contribution in [2.45, 2.75) is 6.92 Å². The molecule has 0 aliphatic heterocycles. The molecular formula is C13H14N6O2. The molecule has 2 N–H and O–H groups in total. The summed E-state index contributed by atoms with van der Waals surface area (Å²) < 4.78 is 6.60. The van der Waals surface area contributed by atoms with Gasteiger partial charge in [-0.2, -0.15) is 9.78 Å². The van der Waals surface area contributed by atoms with Crippen LogP contribution in [0.15, 0.2) is 29.1 Å². The van der Waals surface area contributed by atoms with E-state index in [1.807, 2.05) is 6.92 Å². The average Bonchev–Trinajstić information content (AvgIpc) is 2.93. The van der Waals surface area contributed by atoms with Crippen molar-refractivity contribution < 1.29 is 4.74 Å². The summed E-state index contributed by atoms with van der Waals surface area (Å²) in [4.78, 5) is 12.5. The Morgan fingerprint density at radius 3 is 2.76 bits per heavy atom. The number of aromatic amines is 1. The Hall–Kier alpha value is -2.90. The summed E-state index contributed by atoms with van der Waals surface area (Å²) >= 11 is 0. The molecule has 0 bridgehead atoms. The van der Waals surface area contributed by atoms with Crippen molar-refractivity contribution in [3.8, 4) is 11.4 Å². The highest BCUT2D eigenvalue weighted by atomic mass is 16.5. The molecular weight excluding hydrogens is 272 g/mol. The van der Waals surface area contributed by atoms with E-state index >= 15 is 0 Å². The van der Waals surface area contributed by atoms with Crippen LogP contribution in [0, 0.1) is 0 Å². The molecule has 2 heterocycles. The molecule has 0 aliphatic carbocycles. The number of aromatic nitrogens is 5. The smallest absolute Gasteiger partial charge is 0.287 e. The fourth-order valence-electron chi connectivity index (χ4n) is 2.04. The Morgan fingerprint density at radius 1 is 1.33 bits per heavy atom. The quantitative estimate of drug-likeness (QED) is 0.741. The number of anilines is 1. The maximum Gasteiger partial charge on any atom is 0.287 e. The van der Waals surface area contributed by atoms with Crippen LogP contribution in [0.25, 0.3) is 16.7 Å². The molecule has 0 aliphatic rings. The fourth-order valence-corrected chi connectivity index (χ4v) is 2.04. The molecule has 108 valence electrons. The van der Waals surface area contributed by atoms with Gasteiger partial charge in [0.2, 0.25) is 0 Å². The zero-order chi connectivity index (χ0) is 14.8. The summed E-state index contributed by atoms with van der Waals surface area (Å²) in [6.07, 6.45) is 0. The van der Waals surface area contributed by atoms with Gasteiger partial charge in [0, 0.05) is 7.05 Å². The van der Waals surface area contributed by atoms with Crippen LogP contribution < -0.4 is 15.6 Å². The Bertz CT molecular complexity index is 821. The Labute approximate surface area is 119 Å². The third-order valence-corrected chi connectivity index (χ3v) is 3.02. The number of benzene rings is 1. The summed E-state index contributed by atoms with van der Waals surface area (Å²) in [7, 11) is 1.69. The molecule has 0 spiro atoms. The maximum atomic E-state index is 12.5. The lowest BCUT2D eigenvalue weighted by Gasteiger charge is -2.06. The van der Waals surface area contributed by atoms with Crippen molar-refractivity contribution in [1.82, 2.24) is 25.2 Å². The second kappa shape index (κ2) is 5.23. The highest BCUT2D eigenvalue weighted by Gasteiger charge is 2.14. The van der Waals surface area contributed by atoms with Crippen molar-refractivity contribution >= 4 is 16.9 Å². The number of fused-ring (bicyclic) bond motifs is 1. The van der Waals surface area contributed by atoms with Crippen molar-refractivity contribution in [2.75, 3.05) is 19.0 Å². The van der Waals surface area contributed by atoms with Gasteiger partial charge in [-0.1, -0.05) is 5.21 Å². The van der Waals surface area contributed by atoms with E-state index in [0.29, 0.717) is 29.1 Å². The summed E-state index contributed by atoms with van der Waals surface area (Å²) in [5.74, 6) is 1.19. The molecule has 0 fully saturated rings. The van der Waals surface area contributed by atoms with E-state index in [-0.39, 0.29) is 5.56 Å². The molecule has 0 amide bonds. The molecule has 0 atom stereocenters. The normalized spacial score (nSPS) is 10.8. The summed E-state index contributed by atoms with van der Waals surface area (Å²) in [5.41, 5.74) is 0.676. The first-order chi connectivity index (χ1) is 10.2. The molecule has 2 aromatic heterocycles. The Balaban J connectivity index is 2.11. The van der Waals surface area contributed by atoms with Crippen LogP contribution in [0.3, 0.4) is 0 Å². The first-order valence-corrected chi connectivity index (χ1v) is 6.49. The number of nitrogens with zero attached hydrogens (tertiary/aromatic N) is 4. The molecule has 3 aromatic rings. The molecule has 0 radical (unpaired) electrons. The zero-order valence-electron chi connectivity index (χ0n) is 11.6. The van der Waals surface area contributed by atoms with E-state index in [0.717, 1.165) is 5.75 Å². The van der Waals surface area contributed by atoms with E-state index in [9.17, 15) is 4.79 Å². The lowest BCUT2D eigenvalue weighted by Crippen LogP contribution is -2.22. The predicted octanol–water partition coefficient (Wildman–Crippen LogP) is 0.944. The highest BCUT2D eigenvalue weighted by Crippen LogP contribution is 2.16. The van der Waals surface area contributed by atoms with Crippen LogP contribution in [-0.2, 0) is 0 Å². The van der Waals surface area contributed by atoms with Gasteiger partial charge < -0.3 is 10.1 Å². The van der Waals surface area contributed by atoms with Crippen molar-refractivity contribution in [3.63, 3.8) is 0 Å². The Morgan fingerprint density at radius 2 is 2.10 bits per heavy atom. The van der Waals surface area contributed by atoms with E-state index in [1.165, 1.54) is 4.68 Å². The average molecular weight is 286 g/mol. The summed E-state index contributed by atoms with van der Waals surface area (Å²) in [5, 5.41) is 17.8. The number of hydrogen-bond acceptors (Lipinski definition) is 6. The number of H-pyrrole nitrogens is 1. The predicted molar refractivity (Wildman–Crippen MR) is 78.0 cm³/mol. The largest absolute Gasteiger partial charge is 0.494 e. The zero-order valence-corrected chi connectivity index (χ0v) is 11.6. The first kappa shape index (κ1) is 13.1. The number of hydrogen-bond donors (Lipinski definition) is 2. The van der Waals surface area contributed by atoms with Gasteiger partial charge in [-0.05, 0) is 31.2 Å². The third-order valence-electron chi connectivity index (χ3n) is 3.02. The topological polar surface area (TPSA) is 97.7 Å². The molecule has 8 nitrogen and oxygen atoms in total. The highest BCUT2D eigenvalue weighted by molar-refractivity contribution is 5.85. The standard InChI is InChI=1S/C13H14N6O2/c1-3-21-9-6-4-8(5-7-9)19-13(20)10-11(14-2)15-16-12(10)17-18-19/h4-7H,3H2,1-2H3,(H2,14,15,16). The molecule has 0 unspecified atom stereocenters. The van der Waals surface area contributed by atoms with Crippen LogP contribution >= 0.6 is 0 Å². The van der Waals surface area contributed by atoms with E-state index in [2.05, 4.69) is 25.8 Å². The monoisotopic (exact) mass is 286 g/mol. The van der Waals surface area contributed by atoms with Crippen LogP contribution in [0.4, 0.5) is 5.82 Å². The molecule has 0 saturated carbocycles. The minimum atomic E-state index is -0.290. The minimum absolute atomic E-state index is 0.290. The van der Waals surface area contributed by atoms with Gasteiger partial charge in [0.05, 0.1) is 12.3 Å². The van der Waals surface area contributed by atoms with Gasteiger partial charge in [-0.3, -0.25) is 9.89 Å². The van der Waals surface area contributed by atoms with Gasteiger partial charge in [-0.15, -0.1) is 5.10 Å². The van der Waals surface area contributed by atoms with Gasteiger partial charge >= 0.3 is 0 Å². The fraction of sp³-hybridized carbons (Fsp3) is 0.231. The molecule has 3 rings (SSSR count). The van der Waals surface area contributed by atoms with E-state index < -0.39 is 0 Å². The lowest BCUT2D eigenvalue weighted by atomic mass is 10.3. The van der Waals surface area contributed by atoms with Crippen LogP contribution in [0.5, 0.6) is 5.75 Å². The third kappa shape index (κ3) is 2.20. The molecule has 1 aromatic carbocycles. The Kier molecular flexibility index (Phi) is 3.27. The van der Waals surface area contributed by atoms with Gasteiger partial charge in [-0.25, -0.2) is 0 Å². The maximum absolute atomic E-state index is 12.5. The van der Waals surface area contributed by atoms with Crippen molar-refractivity contribution in [1.29, 1.82) is 0 Å². The van der Waals surface area contributed by atoms with E-state index in [4.69, 9.17) is 4.74 Å². The van der Waals surface area contributed by atoms with E-state index in [1.54, 1.807) is 31.3 Å². The second-order valence-electron chi connectivity index (χ2n) is 4.28. The van der Waals surface area contributed by atoms with Crippen molar-refractivity contribution in [3.05, 3.63) is 34.6 Å². The summed E-state index contributed by atoms with van der Waals surface area (Å²) in [6, 6.07) is 7.08. The van der Waals surface area contributed by atoms with Crippen LogP contribution in [-0.4, -0.2) is 38.8 Å².